The van der Waals surface area contributed by atoms with Gasteiger partial charge in [-0.3, -0.25) is 4.79 Å². The molecule has 1 N–H and O–H groups in total. The molecule has 0 radical (unpaired) electrons. The molecule has 0 spiro atoms. The summed E-state index contributed by atoms with van der Waals surface area (Å²) in [6, 6.07) is 7.35. The van der Waals surface area contributed by atoms with Crippen molar-refractivity contribution in [2.24, 2.45) is 0 Å². The molecule has 0 unspecified atom stereocenters. The molecule has 0 heterocycles. The molecule has 3 nitrogen and oxygen atoms in total. The van der Waals surface area contributed by atoms with Gasteiger partial charge in [0.25, 0.3) is 0 Å². The van der Waals surface area contributed by atoms with Crippen LogP contribution in [0.5, 0.6) is 0 Å². The third kappa shape index (κ3) is 6.43. The van der Waals surface area contributed by atoms with Gasteiger partial charge in [-0.05, 0) is 17.7 Å². The maximum atomic E-state index is 10.8. The first-order chi connectivity index (χ1) is 7.72. The molecule has 16 heavy (non-hydrogen) atoms. The minimum absolute atomic E-state index is 0.0724. The predicted octanol–water partition coefficient (Wildman–Crippen LogP) is 2.63. The highest BCUT2D eigenvalue weighted by Crippen LogP contribution is 2.11. The second kappa shape index (κ2) is 9.19. The Morgan fingerprint density at radius 2 is 2.12 bits per heavy atom. The molecular weight excluding hydrogens is 226 g/mol. The first kappa shape index (κ1) is 14.9. The summed E-state index contributed by atoms with van der Waals surface area (Å²) in [6.45, 7) is 4.47. The number of rotatable bonds is 4. The molecule has 0 fully saturated rings. The van der Waals surface area contributed by atoms with Gasteiger partial charge in [-0.25, -0.2) is 0 Å². The first-order valence-corrected chi connectivity index (χ1v) is 5.63. The average Bonchev–Trinajstić information content (AvgIpc) is 2.31. The van der Waals surface area contributed by atoms with E-state index in [1.807, 2.05) is 32.0 Å². The zero-order valence-electron chi connectivity index (χ0n) is 9.92. The Labute approximate surface area is 102 Å². The molecule has 0 aliphatic carbocycles. The number of ether oxygens (including phenoxy) is 1. The van der Waals surface area contributed by atoms with Crippen molar-refractivity contribution in [3.8, 4) is 0 Å². The second-order valence-electron chi connectivity index (χ2n) is 2.80. The van der Waals surface area contributed by atoms with E-state index >= 15 is 0 Å². The van der Waals surface area contributed by atoms with Crippen LogP contribution in [0.4, 0.5) is 0 Å². The molecule has 0 atom stereocenters. The van der Waals surface area contributed by atoms with E-state index in [1.165, 1.54) is 0 Å². The molecule has 90 valence electrons. The van der Waals surface area contributed by atoms with Crippen LogP contribution in [0, 0.1) is 0 Å². The molecule has 0 aliphatic heterocycles. The molecule has 4 heteroatoms. The van der Waals surface area contributed by atoms with Gasteiger partial charge in [-0.1, -0.05) is 37.6 Å². The lowest BCUT2D eigenvalue weighted by atomic mass is 10.2. The smallest absolute Gasteiger partial charge is 0.245 e. The molecule has 0 aliphatic rings. The minimum Gasteiger partial charge on any atom is -0.367 e. The van der Waals surface area contributed by atoms with Gasteiger partial charge in [0, 0.05) is 12.1 Å². The molecule has 0 bridgehead atoms. The van der Waals surface area contributed by atoms with Crippen molar-refractivity contribution in [3.63, 3.8) is 0 Å². The van der Waals surface area contributed by atoms with Gasteiger partial charge in [-0.2, -0.15) is 0 Å². The maximum absolute atomic E-state index is 10.8. The Balaban J connectivity index is 0.00000106. The Kier molecular flexibility index (Phi) is 8.58. The number of benzene rings is 1. The highest BCUT2D eigenvalue weighted by Gasteiger charge is 1.98. The van der Waals surface area contributed by atoms with Crippen LogP contribution in [0.3, 0.4) is 0 Å². The molecule has 0 saturated heterocycles. The van der Waals surface area contributed by atoms with E-state index in [9.17, 15) is 4.79 Å². The van der Waals surface area contributed by atoms with E-state index in [2.05, 4.69) is 5.32 Å². The summed E-state index contributed by atoms with van der Waals surface area (Å²) >= 11 is 5.78. The van der Waals surface area contributed by atoms with Crippen molar-refractivity contribution < 1.29 is 9.53 Å². The van der Waals surface area contributed by atoms with Gasteiger partial charge >= 0.3 is 0 Å². The molecule has 0 aromatic heterocycles. The second-order valence-corrected chi connectivity index (χ2v) is 3.23. The fourth-order valence-electron chi connectivity index (χ4n) is 0.960. The van der Waals surface area contributed by atoms with Crippen LogP contribution in [-0.4, -0.2) is 19.6 Å². The van der Waals surface area contributed by atoms with Gasteiger partial charge in [0.2, 0.25) is 5.91 Å². The molecule has 0 saturated carbocycles. The van der Waals surface area contributed by atoms with Crippen molar-refractivity contribution in [1.29, 1.82) is 0 Å². The Hall–Kier alpha value is -1.06. The van der Waals surface area contributed by atoms with E-state index in [0.717, 1.165) is 5.56 Å². The number of likely N-dealkylation sites (N-methyl/N-ethyl adjacent to an activating group) is 1. The number of nitrogens with one attached hydrogen (secondary N) is 1. The van der Waals surface area contributed by atoms with Gasteiger partial charge in [0.1, 0.15) is 6.61 Å². The standard InChI is InChI=1S/C10H12ClNO2.C2H6/c1-12-10(13)7-14-6-8-3-2-4-9(11)5-8;1-2/h2-5H,6-7H2,1H3,(H,12,13);1-2H3. The summed E-state index contributed by atoms with van der Waals surface area (Å²) in [7, 11) is 1.57. The summed E-state index contributed by atoms with van der Waals surface area (Å²) in [6.07, 6.45) is 0. The van der Waals surface area contributed by atoms with Crippen molar-refractivity contribution in [2.75, 3.05) is 13.7 Å². The van der Waals surface area contributed by atoms with E-state index in [-0.39, 0.29) is 12.5 Å². The maximum Gasteiger partial charge on any atom is 0.245 e. The zero-order valence-corrected chi connectivity index (χ0v) is 10.7. The minimum atomic E-state index is -0.132. The fourth-order valence-corrected chi connectivity index (χ4v) is 1.17. The van der Waals surface area contributed by atoms with Crippen LogP contribution >= 0.6 is 11.6 Å². The zero-order chi connectivity index (χ0) is 12.4. The van der Waals surface area contributed by atoms with Gasteiger partial charge in [0.15, 0.2) is 0 Å². The van der Waals surface area contributed by atoms with Crippen LogP contribution in [0.25, 0.3) is 0 Å². The number of halogens is 1. The van der Waals surface area contributed by atoms with Crippen LogP contribution < -0.4 is 5.32 Å². The van der Waals surface area contributed by atoms with Gasteiger partial charge < -0.3 is 10.1 Å². The predicted molar refractivity (Wildman–Crippen MR) is 66.5 cm³/mol. The normalized spacial score (nSPS) is 9.00. The molecule has 1 aromatic carbocycles. The van der Waals surface area contributed by atoms with Crippen molar-refractivity contribution in [1.82, 2.24) is 5.32 Å². The number of hydrogen-bond donors (Lipinski definition) is 1. The highest BCUT2D eigenvalue weighted by atomic mass is 35.5. The van der Waals surface area contributed by atoms with Crippen molar-refractivity contribution in [2.45, 2.75) is 20.5 Å². The van der Waals surface area contributed by atoms with Gasteiger partial charge in [0.05, 0.1) is 6.61 Å². The monoisotopic (exact) mass is 243 g/mol. The lowest BCUT2D eigenvalue weighted by molar-refractivity contribution is -0.125. The first-order valence-electron chi connectivity index (χ1n) is 5.25. The van der Waals surface area contributed by atoms with Gasteiger partial charge in [-0.15, -0.1) is 0 Å². The Bertz CT molecular complexity index is 316. The van der Waals surface area contributed by atoms with Crippen LogP contribution in [0.15, 0.2) is 24.3 Å². The highest BCUT2D eigenvalue weighted by molar-refractivity contribution is 6.30. The summed E-state index contributed by atoms with van der Waals surface area (Å²) < 4.78 is 5.16. The summed E-state index contributed by atoms with van der Waals surface area (Å²) in [5.41, 5.74) is 0.960. The van der Waals surface area contributed by atoms with E-state index in [4.69, 9.17) is 16.3 Å². The van der Waals surface area contributed by atoms with Crippen molar-refractivity contribution >= 4 is 17.5 Å². The Morgan fingerprint density at radius 3 is 2.69 bits per heavy atom. The number of amides is 1. The quantitative estimate of drug-likeness (QED) is 0.883. The van der Waals surface area contributed by atoms with Crippen LogP contribution in [-0.2, 0) is 16.1 Å². The summed E-state index contributed by atoms with van der Waals surface area (Å²) in [4.78, 5) is 10.8. The number of carbonyl (C=O) groups excluding carboxylic acids is 1. The SMILES string of the molecule is CC.CNC(=O)COCc1cccc(Cl)c1. The molecular formula is C12H18ClNO2. The third-order valence-electron chi connectivity index (χ3n) is 1.67. The lowest BCUT2D eigenvalue weighted by Gasteiger charge is -2.03. The third-order valence-corrected chi connectivity index (χ3v) is 1.90. The Morgan fingerprint density at radius 1 is 1.44 bits per heavy atom. The van der Waals surface area contributed by atoms with Crippen LogP contribution in [0.1, 0.15) is 19.4 Å². The lowest BCUT2D eigenvalue weighted by Crippen LogP contribution is -2.23. The van der Waals surface area contributed by atoms with E-state index in [0.29, 0.717) is 11.6 Å². The summed E-state index contributed by atoms with van der Waals surface area (Å²) in [5, 5.41) is 3.14. The molecule has 1 amide bonds. The van der Waals surface area contributed by atoms with E-state index < -0.39 is 0 Å². The molecule has 1 rings (SSSR count). The van der Waals surface area contributed by atoms with Crippen LogP contribution in [0.2, 0.25) is 5.02 Å². The number of carbonyl (C=O) groups is 1. The topological polar surface area (TPSA) is 38.3 Å². The van der Waals surface area contributed by atoms with E-state index in [1.54, 1.807) is 13.1 Å². The van der Waals surface area contributed by atoms with Crippen molar-refractivity contribution in [3.05, 3.63) is 34.9 Å². The molecule has 1 aromatic rings. The number of hydrogen-bond acceptors (Lipinski definition) is 2. The largest absolute Gasteiger partial charge is 0.367 e. The fraction of sp³-hybridized carbons (Fsp3) is 0.417. The summed E-state index contributed by atoms with van der Waals surface area (Å²) in [5.74, 6) is -0.132. The average molecular weight is 244 g/mol.